The second-order valence-electron chi connectivity index (χ2n) is 5.59. The third-order valence-electron chi connectivity index (χ3n) is 4.01. The van der Waals surface area contributed by atoms with E-state index in [4.69, 9.17) is 5.11 Å². The average molecular weight is 351 g/mol. The van der Waals surface area contributed by atoms with Crippen molar-refractivity contribution < 1.29 is 28.2 Å². The molecule has 1 atom stereocenters. The number of nitrogens with zero attached hydrogens (tertiary/aromatic N) is 2. The van der Waals surface area contributed by atoms with Crippen LogP contribution in [0.15, 0.2) is 30.5 Å². The van der Waals surface area contributed by atoms with E-state index in [1.807, 2.05) is 0 Å². The molecule has 0 radical (unpaired) electrons. The summed E-state index contributed by atoms with van der Waals surface area (Å²) in [7, 11) is 0. The number of alkyl halides is 2. The lowest BCUT2D eigenvalue weighted by Gasteiger charge is -2.18. The molecule has 7 nitrogen and oxygen atoms in total. The Bertz CT molecular complexity index is 815. The number of carbonyl (C=O) groups excluding carboxylic acids is 1. The van der Waals surface area contributed by atoms with Crippen molar-refractivity contribution in [2.45, 2.75) is 13.0 Å². The summed E-state index contributed by atoms with van der Waals surface area (Å²) in [5.41, 5.74) is 0.643. The Hall–Kier alpha value is -2.97. The van der Waals surface area contributed by atoms with E-state index >= 15 is 0 Å². The molecule has 9 heteroatoms. The lowest BCUT2D eigenvalue weighted by Crippen LogP contribution is -2.33. The van der Waals surface area contributed by atoms with Crippen molar-refractivity contribution in [3.63, 3.8) is 0 Å². The summed E-state index contributed by atoms with van der Waals surface area (Å²) in [6.45, 7) is -2.51. The minimum absolute atomic E-state index is 0.0387. The number of carboxylic acid groups (broad SMARTS) is 1. The lowest BCUT2D eigenvalue weighted by molar-refractivity contribution is -0.141. The van der Waals surface area contributed by atoms with Gasteiger partial charge in [0.05, 0.1) is 17.1 Å². The molecule has 132 valence electrons. The first-order chi connectivity index (χ1) is 12.0. The molecule has 1 aromatic carbocycles. The van der Waals surface area contributed by atoms with Crippen LogP contribution in [0, 0.1) is 5.92 Å². The molecule has 2 amide bonds. The molecule has 2 aromatic rings. The summed E-state index contributed by atoms with van der Waals surface area (Å²) in [6, 6.07) is 5.43. The van der Waals surface area contributed by atoms with Gasteiger partial charge in [-0.15, -0.1) is 0 Å². The Labute approximate surface area is 141 Å². The van der Waals surface area contributed by atoms with Crippen molar-refractivity contribution in [1.29, 1.82) is 0 Å². The number of halogens is 2. The molecule has 0 spiro atoms. The van der Waals surface area contributed by atoms with Crippen LogP contribution in [0.1, 0.15) is 6.42 Å². The first kappa shape index (κ1) is 16.9. The Morgan fingerprint density at radius 2 is 2.16 bits per heavy atom. The number of rotatable bonds is 4. The van der Waals surface area contributed by atoms with Crippen LogP contribution in [0.25, 0.3) is 10.9 Å². The third-order valence-corrected chi connectivity index (χ3v) is 4.01. The largest absolute Gasteiger partial charge is 0.481 e. The van der Waals surface area contributed by atoms with Crippen molar-refractivity contribution in [3.8, 4) is 5.75 Å². The minimum Gasteiger partial charge on any atom is -0.481 e. The van der Waals surface area contributed by atoms with Gasteiger partial charge in [-0.25, -0.2) is 4.79 Å². The number of aromatic nitrogens is 1. The van der Waals surface area contributed by atoms with Crippen LogP contribution in [-0.2, 0) is 4.79 Å². The number of fused-ring (bicyclic) bond motifs is 1. The molecule has 1 fully saturated rings. The van der Waals surface area contributed by atoms with Crippen molar-refractivity contribution >= 4 is 28.6 Å². The molecule has 3 rings (SSSR count). The normalized spacial score (nSPS) is 17.1. The Kier molecular flexibility index (Phi) is 4.64. The molecule has 2 heterocycles. The van der Waals surface area contributed by atoms with E-state index in [1.54, 1.807) is 12.1 Å². The molecule has 1 aromatic heterocycles. The summed E-state index contributed by atoms with van der Waals surface area (Å²) >= 11 is 0. The topological polar surface area (TPSA) is 91.8 Å². The van der Waals surface area contributed by atoms with Crippen molar-refractivity contribution in [2.24, 2.45) is 5.92 Å². The van der Waals surface area contributed by atoms with Crippen LogP contribution < -0.4 is 10.1 Å². The maximum atomic E-state index is 12.5. The van der Waals surface area contributed by atoms with E-state index < -0.39 is 24.5 Å². The van der Waals surface area contributed by atoms with Crippen molar-refractivity contribution in [3.05, 3.63) is 30.5 Å². The van der Waals surface area contributed by atoms with Gasteiger partial charge < -0.3 is 20.1 Å². The zero-order valence-electron chi connectivity index (χ0n) is 13.0. The predicted octanol–water partition coefficient (Wildman–Crippen LogP) is 2.77. The van der Waals surface area contributed by atoms with Gasteiger partial charge >= 0.3 is 18.6 Å². The van der Waals surface area contributed by atoms with Crippen molar-refractivity contribution in [1.82, 2.24) is 9.88 Å². The first-order valence-electron chi connectivity index (χ1n) is 7.57. The van der Waals surface area contributed by atoms with Crippen molar-refractivity contribution in [2.75, 3.05) is 18.4 Å². The smallest absolute Gasteiger partial charge is 0.387 e. The lowest BCUT2D eigenvalue weighted by atomic mass is 10.1. The number of amides is 2. The van der Waals surface area contributed by atoms with Gasteiger partial charge in [0.15, 0.2) is 0 Å². The van der Waals surface area contributed by atoms with Crippen LogP contribution in [0.5, 0.6) is 5.75 Å². The number of anilines is 1. The number of pyridine rings is 1. The fraction of sp³-hybridized carbons (Fsp3) is 0.312. The summed E-state index contributed by atoms with van der Waals surface area (Å²) in [5, 5.41) is 12.0. The second kappa shape index (κ2) is 6.88. The fourth-order valence-corrected chi connectivity index (χ4v) is 2.79. The zero-order chi connectivity index (χ0) is 18.0. The number of carboxylic acids is 1. The maximum absolute atomic E-state index is 12.5. The average Bonchev–Trinajstić information content (AvgIpc) is 3.07. The number of hydrogen-bond acceptors (Lipinski definition) is 4. The van der Waals surface area contributed by atoms with Gasteiger partial charge in [0.2, 0.25) is 0 Å². The molecule has 0 aliphatic carbocycles. The first-order valence-corrected chi connectivity index (χ1v) is 7.57. The Balaban J connectivity index is 1.82. The third kappa shape index (κ3) is 3.59. The molecule has 0 bridgehead atoms. The molecule has 0 saturated carbocycles. The molecule has 1 aliphatic heterocycles. The SMILES string of the molecule is O=C(O)C1CCN(C(=O)Nc2ccc(OC(F)F)c3cccnc23)C1. The van der Waals surface area contributed by atoms with E-state index in [0.29, 0.717) is 29.6 Å². The Morgan fingerprint density at radius 1 is 1.36 bits per heavy atom. The molecule has 25 heavy (non-hydrogen) atoms. The van der Waals surface area contributed by atoms with Crippen LogP contribution >= 0.6 is 0 Å². The van der Waals surface area contributed by atoms with E-state index in [-0.39, 0.29) is 12.3 Å². The van der Waals surface area contributed by atoms with Crippen LogP contribution in [0.4, 0.5) is 19.3 Å². The fourth-order valence-electron chi connectivity index (χ4n) is 2.79. The highest BCUT2D eigenvalue weighted by atomic mass is 19.3. The highest BCUT2D eigenvalue weighted by Crippen LogP contribution is 2.31. The van der Waals surface area contributed by atoms with E-state index in [1.165, 1.54) is 23.2 Å². The molecule has 2 N–H and O–H groups in total. The Morgan fingerprint density at radius 3 is 2.84 bits per heavy atom. The predicted molar refractivity (Wildman–Crippen MR) is 84.7 cm³/mol. The van der Waals surface area contributed by atoms with Gasteiger partial charge in [-0.3, -0.25) is 9.78 Å². The molecular weight excluding hydrogens is 336 g/mol. The highest BCUT2D eigenvalue weighted by Gasteiger charge is 2.31. The summed E-state index contributed by atoms with van der Waals surface area (Å²) < 4.78 is 29.5. The van der Waals surface area contributed by atoms with E-state index in [2.05, 4.69) is 15.0 Å². The standard InChI is InChI=1S/C16H15F2N3O4/c17-15(18)25-12-4-3-11(13-10(12)2-1-6-19-13)20-16(24)21-7-5-9(8-21)14(22)23/h1-4,6,9,15H,5,7-8H2,(H,20,24)(H,22,23). The van der Waals surface area contributed by atoms with Crippen LogP contribution in [0.3, 0.4) is 0 Å². The number of carbonyl (C=O) groups is 2. The number of hydrogen-bond donors (Lipinski definition) is 2. The number of nitrogens with one attached hydrogen (secondary N) is 1. The van der Waals surface area contributed by atoms with Gasteiger partial charge in [-0.2, -0.15) is 8.78 Å². The number of aliphatic carboxylic acids is 1. The molecule has 1 unspecified atom stereocenters. The maximum Gasteiger partial charge on any atom is 0.387 e. The van der Waals surface area contributed by atoms with Gasteiger partial charge in [-0.05, 0) is 30.7 Å². The van der Waals surface area contributed by atoms with E-state index in [9.17, 15) is 18.4 Å². The van der Waals surface area contributed by atoms with Gasteiger partial charge in [-0.1, -0.05) is 0 Å². The minimum atomic E-state index is -2.97. The van der Waals surface area contributed by atoms with Gasteiger partial charge in [0.1, 0.15) is 5.75 Å². The number of ether oxygens (including phenoxy) is 1. The monoisotopic (exact) mass is 351 g/mol. The molecule has 1 saturated heterocycles. The molecule has 1 aliphatic rings. The quantitative estimate of drug-likeness (QED) is 0.884. The summed E-state index contributed by atoms with van der Waals surface area (Å²) in [4.78, 5) is 28.8. The zero-order valence-corrected chi connectivity index (χ0v) is 13.0. The van der Waals surface area contributed by atoms with Gasteiger partial charge in [0.25, 0.3) is 0 Å². The highest BCUT2D eigenvalue weighted by molar-refractivity contribution is 6.01. The summed E-state index contributed by atoms with van der Waals surface area (Å²) in [6.07, 6.45) is 1.86. The number of benzene rings is 1. The number of likely N-dealkylation sites (tertiary alicyclic amines) is 1. The van der Waals surface area contributed by atoms with Crippen LogP contribution in [-0.4, -0.2) is 46.7 Å². The van der Waals surface area contributed by atoms with E-state index in [0.717, 1.165) is 0 Å². The van der Waals surface area contributed by atoms with Crippen LogP contribution in [0.2, 0.25) is 0 Å². The second-order valence-corrected chi connectivity index (χ2v) is 5.59. The summed E-state index contributed by atoms with van der Waals surface area (Å²) in [5.74, 6) is -1.55. The van der Waals surface area contributed by atoms with Gasteiger partial charge in [0, 0.05) is 24.7 Å². The molecular formula is C16H15F2N3O4. The number of urea groups is 1.